The van der Waals surface area contributed by atoms with E-state index in [-0.39, 0.29) is 35.3 Å². The van der Waals surface area contributed by atoms with Gasteiger partial charge >= 0.3 is 0 Å². The average molecular weight is 603 g/mol. The number of fused-ring (bicyclic) bond motifs is 5. The van der Waals surface area contributed by atoms with Gasteiger partial charge < -0.3 is 27.2 Å². The van der Waals surface area contributed by atoms with Crippen molar-refractivity contribution in [2.45, 2.75) is 148 Å². The molecule has 4 fully saturated rings. The molecule has 0 aliphatic heterocycles. The number of carbonyl (C=O) groups excluding carboxylic acids is 2. The molecule has 43 heavy (non-hydrogen) atoms. The number of aliphatic hydroxyl groups excluding tert-OH is 1. The van der Waals surface area contributed by atoms with Crippen LogP contribution in [0.3, 0.4) is 0 Å². The molecule has 0 heterocycles. The third-order valence-electron chi connectivity index (χ3n) is 13.3. The topological polar surface area (TPSA) is 130 Å². The lowest BCUT2D eigenvalue weighted by molar-refractivity contribution is -0.142. The van der Waals surface area contributed by atoms with Crippen LogP contribution in [0.15, 0.2) is 0 Å². The number of amides is 2. The highest BCUT2D eigenvalue weighted by Crippen LogP contribution is 2.68. The van der Waals surface area contributed by atoms with Gasteiger partial charge in [0.1, 0.15) is 0 Å². The summed E-state index contributed by atoms with van der Waals surface area (Å²) in [6, 6.07) is 0.518. The minimum absolute atomic E-state index is 0.112. The molecule has 0 spiro atoms. The monoisotopic (exact) mass is 603 g/mol. The van der Waals surface area contributed by atoms with Crippen molar-refractivity contribution >= 4 is 11.8 Å². The van der Waals surface area contributed by atoms with Crippen LogP contribution in [-0.4, -0.2) is 48.7 Å². The Hall–Kier alpha value is -1.18. The summed E-state index contributed by atoms with van der Waals surface area (Å²) < 4.78 is 0. The van der Waals surface area contributed by atoms with E-state index >= 15 is 0 Å². The minimum atomic E-state index is 0.112. The molecule has 6 unspecified atom stereocenters. The molecule has 0 aromatic rings. The van der Waals surface area contributed by atoms with Gasteiger partial charge in [0.2, 0.25) is 11.8 Å². The van der Waals surface area contributed by atoms with Crippen LogP contribution in [-0.2, 0) is 9.59 Å². The van der Waals surface area contributed by atoms with E-state index in [1.54, 1.807) is 0 Å². The smallest absolute Gasteiger partial charge is 0.220 e. The summed E-state index contributed by atoms with van der Waals surface area (Å²) in [7, 11) is 0. The lowest BCUT2D eigenvalue weighted by atomic mass is 9.43. The molecule has 10 atom stereocenters. The fourth-order valence-electron chi connectivity index (χ4n) is 11.0. The Kier molecular flexibility index (Phi) is 12.8. The Labute approximate surface area is 262 Å². The molecule has 248 valence electrons. The molecular formula is C36H66N4O3. The van der Waals surface area contributed by atoms with Crippen LogP contribution in [0.2, 0.25) is 0 Å². The molecule has 2 amide bonds. The van der Waals surface area contributed by atoms with Crippen LogP contribution in [0, 0.1) is 46.3 Å². The molecule has 0 aromatic carbocycles. The molecule has 7 nitrogen and oxygen atoms in total. The van der Waals surface area contributed by atoms with Crippen molar-refractivity contribution < 1.29 is 14.7 Å². The lowest BCUT2D eigenvalue weighted by Crippen LogP contribution is -2.63. The third-order valence-corrected chi connectivity index (χ3v) is 13.3. The Bertz CT molecular complexity index is 900. The van der Waals surface area contributed by atoms with Crippen molar-refractivity contribution in [2.75, 3.05) is 19.7 Å². The van der Waals surface area contributed by atoms with Gasteiger partial charge in [-0.15, -0.1) is 0 Å². The molecule has 0 aromatic heterocycles. The maximum atomic E-state index is 13.4. The van der Waals surface area contributed by atoms with Crippen molar-refractivity contribution in [3.63, 3.8) is 0 Å². The molecule has 0 saturated heterocycles. The van der Waals surface area contributed by atoms with E-state index < -0.39 is 0 Å². The molecule has 0 radical (unpaired) electrons. The first-order valence-electron chi connectivity index (χ1n) is 18.3. The molecular weight excluding hydrogens is 536 g/mol. The molecule has 7 heteroatoms. The number of carbonyl (C=O) groups is 2. The normalized spacial score (nSPS) is 37.6. The van der Waals surface area contributed by atoms with Crippen molar-refractivity contribution in [3.8, 4) is 0 Å². The van der Waals surface area contributed by atoms with Crippen LogP contribution in [0.1, 0.15) is 136 Å². The van der Waals surface area contributed by atoms with Crippen molar-refractivity contribution in [3.05, 3.63) is 0 Å². The second-order valence-corrected chi connectivity index (χ2v) is 15.6. The zero-order chi connectivity index (χ0) is 31.0. The van der Waals surface area contributed by atoms with Gasteiger partial charge in [-0.25, -0.2) is 0 Å². The fraction of sp³-hybridized carbons (Fsp3) is 0.944. The van der Waals surface area contributed by atoms with Gasteiger partial charge in [0.25, 0.3) is 0 Å². The van der Waals surface area contributed by atoms with Crippen molar-refractivity contribution in [1.29, 1.82) is 0 Å². The van der Waals surface area contributed by atoms with Crippen LogP contribution in [0.4, 0.5) is 0 Å². The Morgan fingerprint density at radius 2 is 1.49 bits per heavy atom. The predicted molar refractivity (Wildman–Crippen MR) is 175 cm³/mol. The SMILES string of the molecule is C[C@H](CCCO)C1CCC2C3CCC4C[C@H](NC(=O)CCCCCN)CCC4(C)C3C[C@H](NC(=O)CCCCCN)[C@@]21C. The van der Waals surface area contributed by atoms with E-state index in [1.807, 2.05) is 0 Å². The van der Waals surface area contributed by atoms with Gasteiger partial charge in [-0.05, 0) is 149 Å². The van der Waals surface area contributed by atoms with Gasteiger partial charge in [-0.3, -0.25) is 9.59 Å². The van der Waals surface area contributed by atoms with E-state index in [0.717, 1.165) is 76.5 Å². The van der Waals surface area contributed by atoms with E-state index in [4.69, 9.17) is 11.5 Å². The zero-order valence-corrected chi connectivity index (χ0v) is 27.9. The number of nitrogens with one attached hydrogen (secondary N) is 2. The second-order valence-electron chi connectivity index (χ2n) is 15.6. The van der Waals surface area contributed by atoms with Crippen LogP contribution < -0.4 is 22.1 Å². The highest BCUT2D eigenvalue weighted by molar-refractivity contribution is 5.76. The molecule has 4 rings (SSSR count). The maximum Gasteiger partial charge on any atom is 0.220 e. The molecule has 0 bridgehead atoms. The summed E-state index contributed by atoms with van der Waals surface area (Å²) in [5, 5.41) is 16.7. The van der Waals surface area contributed by atoms with Crippen molar-refractivity contribution in [2.24, 2.45) is 57.8 Å². The van der Waals surface area contributed by atoms with Gasteiger partial charge in [-0.1, -0.05) is 33.6 Å². The Balaban J connectivity index is 1.48. The number of aliphatic hydroxyl groups is 1. The quantitative estimate of drug-likeness (QED) is 0.145. The van der Waals surface area contributed by atoms with Gasteiger partial charge in [-0.2, -0.15) is 0 Å². The average Bonchev–Trinajstić information content (AvgIpc) is 3.35. The zero-order valence-electron chi connectivity index (χ0n) is 27.9. The molecule has 4 aliphatic carbocycles. The molecule has 4 aliphatic rings. The molecule has 4 saturated carbocycles. The number of nitrogens with two attached hydrogens (primary N) is 2. The first-order valence-corrected chi connectivity index (χ1v) is 18.3. The summed E-state index contributed by atoms with van der Waals surface area (Å²) in [4.78, 5) is 26.1. The van der Waals surface area contributed by atoms with E-state index in [0.29, 0.717) is 61.6 Å². The highest BCUT2D eigenvalue weighted by Gasteiger charge is 2.64. The maximum absolute atomic E-state index is 13.4. The number of hydrogen-bond acceptors (Lipinski definition) is 5. The minimum Gasteiger partial charge on any atom is -0.396 e. The predicted octanol–water partition coefficient (Wildman–Crippen LogP) is 5.67. The second kappa shape index (κ2) is 15.9. The van der Waals surface area contributed by atoms with Crippen LogP contribution >= 0.6 is 0 Å². The summed E-state index contributed by atoms with van der Waals surface area (Å²) in [6.07, 6.45) is 18.6. The van der Waals surface area contributed by atoms with E-state index in [9.17, 15) is 14.7 Å². The summed E-state index contributed by atoms with van der Waals surface area (Å²) in [6.45, 7) is 9.17. The third kappa shape index (κ3) is 7.80. The number of rotatable bonds is 16. The lowest BCUT2D eigenvalue weighted by Gasteiger charge is -2.63. The largest absolute Gasteiger partial charge is 0.396 e. The number of hydrogen-bond donors (Lipinski definition) is 5. The van der Waals surface area contributed by atoms with Gasteiger partial charge in [0.15, 0.2) is 0 Å². The fourth-order valence-corrected chi connectivity index (χ4v) is 11.0. The van der Waals surface area contributed by atoms with Gasteiger partial charge in [0, 0.05) is 31.5 Å². The first-order chi connectivity index (χ1) is 20.7. The van der Waals surface area contributed by atoms with Crippen LogP contribution in [0.25, 0.3) is 0 Å². The van der Waals surface area contributed by atoms with Crippen LogP contribution in [0.5, 0.6) is 0 Å². The molecule has 7 N–H and O–H groups in total. The van der Waals surface area contributed by atoms with E-state index in [1.165, 1.54) is 32.1 Å². The summed E-state index contributed by atoms with van der Waals surface area (Å²) in [5.41, 5.74) is 11.7. The Morgan fingerprint density at radius 1 is 0.814 bits per heavy atom. The summed E-state index contributed by atoms with van der Waals surface area (Å²) >= 11 is 0. The first kappa shape index (κ1) is 34.7. The highest BCUT2D eigenvalue weighted by atomic mass is 16.3. The standard InChI is InChI=1S/C36H66N4O3/c1-25(11-10-22-41)29-16-17-30-28-15-14-26-23-27(39-33(42)12-6-4-8-20-37)18-19-35(26,2)31(28)24-32(36(29,30)3)40-34(43)13-7-5-9-21-38/h25-32,41H,4-24,37-38H2,1-3H3,(H,39,42)(H,40,43)/t25-,26?,27-,28?,29?,30?,31?,32+,35?,36-/m1/s1. The number of unbranched alkanes of at least 4 members (excludes halogenated alkanes) is 4. The Morgan fingerprint density at radius 3 is 2.14 bits per heavy atom. The van der Waals surface area contributed by atoms with E-state index in [2.05, 4.69) is 31.4 Å². The van der Waals surface area contributed by atoms with Crippen molar-refractivity contribution in [1.82, 2.24) is 10.6 Å². The summed E-state index contributed by atoms with van der Waals surface area (Å²) in [5.74, 6) is 4.25. The van der Waals surface area contributed by atoms with Gasteiger partial charge in [0.05, 0.1) is 0 Å².